The van der Waals surface area contributed by atoms with E-state index in [1.165, 1.54) is 16.5 Å². The predicted octanol–water partition coefficient (Wildman–Crippen LogP) is 4.18. The molecule has 4 rings (SSSR count). The molecule has 0 unspecified atom stereocenters. The second kappa shape index (κ2) is 10.8. The fraction of sp³-hybridized carbons (Fsp3) is 0.296. The van der Waals surface area contributed by atoms with Gasteiger partial charge in [0.15, 0.2) is 0 Å². The lowest BCUT2D eigenvalue weighted by atomic mass is 9.99. The molecule has 0 atom stereocenters. The van der Waals surface area contributed by atoms with Gasteiger partial charge in [0.1, 0.15) is 0 Å². The molecule has 178 valence electrons. The topological polar surface area (TPSA) is 78.5 Å². The van der Waals surface area contributed by atoms with Gasteiger partial charge in [-0.15, -0.1) is 0 Å². The number of hydrogen-bond donors (Lipinski definition) is 2. The maximum absolute atomic E-state index is 12.2. The van der Waals surface area contributed by atoms with Gasteiger partial charge in [0.2, 0.25) is 15.9 Å². The van der Waals surface area contributed by atoms with Crippen LogP contribution in [0.15, 0.2) is 66.7 Å². The molecular weight excluding hydrogens is 446 g/mol. The number of hydrogen-bond acceptors (Lipinski definition) is 4. The van der Waals surface area contributed by atoms with Crippen LogP contribution in [0, 0.1) is 0 Å². The van der Waals surface area contributed by atoms with E-state index in [2.05, 4.69) is 39.2 Å². The maximum atomic E-state index is 12.2. The van der Waals surface area contributed by atoms with Gasteiger partial charge in [0, 0.05) is 31.4 Å². The van der Waals surface area contributed by atoms with Gasteiger partial charge < -0.3 is 5.32 Å². The van der Waals surface area contributed by atoms with E-state index in [4.69, 9.17) is 0 Å². The Balaban J connectivity index is 1.18. The molecule has 0 bridgehead atoms. The van der Waals surface area contributed by atoms with Crippen molar-refractivity contribution >= 4 is 38.5 Å². The van der Waals surface area contributed by atoms with Crippen LogP contribution < -0.4 is 10.0 Å². The number of carbonyl (C=O) groups excluding carboxylic acids is 1. The zero-order valence-electron chi connectivity index (χ0n) is 19.5. The monoisotopic (exact) mass is 477 g/mol. The minimum absolute atomic E-state index is 0.0778. The van der Waals surface area contributed by atoms with Crippen LogP contribution in [0.4, 0.5) is 5.69 Å². The molecular formula is C27H31N3O3S. The van der Waals surface area contributed by atoms with Crippen LogP contribution in [-0.2, 0) is 27.8 Å². The van der Waals surface area contributed by atoms with Crippen LogP contribution in [0.1, 0.15) is 29.5 Å². The minimum atomic E-state index is -3.28. The van der Waals surface area contributed by atoms with Crippen molar-refractivity contribution in [3.05, 3.63) is 83.4 Å². The van der Waals surface area contributed by atoms with Crippen molar-refractivity contribution in [2.24, 2.45) is 0 Å². The van der Waals surface area contributed by atoms with Gasteiger partial charge in [-0.1, -0.05) is 42.5 Å². The van der Waals surface area contributed by atoms with E-state index >= 15 is 0 Å². The zero-order valence-corrected chi connectivity index (χ0v) is 20.3. The summed E-state index contributed by atoms with van der Waals surface area (Å²) in [6.45, 7) is 3.40. The molecule has 34 heavy (non-hydrogen) atoms. The van der Waals surface area contributed by atoms with Crippen LogP contribution in [0.25, 0.3) is 16.8 Å². The van der Waals surface area contributed by atoms with Crippen molar-refractivity contribution in [3.8, 4) is 0 Å². The van der Waals surface area contributed by atoms with Crippen molar-refractivity contribution in [1.82, 2.24) is 10.2 Å². The van der Waals surface area contributed by atoms with E-state index in [-0.39, 0.29) is 5.91 Å². The number of carbonyl (C=O) groups is 1. The first-order valence-corrected chi connectivity index (χ1v) is 13.5. The van der Waals surface area contributed by atoms with Crippen molar-refractivity contribution in [2.75, 3.05) is 30.6 Å². The van der Waals surface area contributed by atoms with Crippen LogP contribution in [0.2, 0.25) is 0 Å². The molecule has 0 fully saturated rings. The number of nitrogens with one attached hydrogen (secondary N) is 2. The lowest BCUT2D eigenvalue weighted by Crippen LogP contribution is -2.32. The number of nitrogens with zero attached hydrogens (tertiary/aromatic N) is 1. The number of fused-ring (bicyclic) bond motifs is 2. The van der Waals surface area contributed by atoms with E-state index in [1.54, 1.807) is 6.08 Å². The average molecular weight is 478 g/mol. The number of rotatable bonds is 9. The van der Waals surface area contributed by atoms with E-state index in [9.17, 15) is 13.2 Å². The summed E-state index contributed by atoms with van der Waals surface area (Å²) in [5.41, 5.74) is 4.07. The molecule has 1 aliphatic rings. The molecule has 0 saturated carbocycles. The number of amides is 1. The van der Waals surface area contributed by atoms with Gasteiger partial charge in [-0.05, 0) is 77.5 Å². The summed E-state index contributed by atoms with van der Waals surface area (Å²) in [5.74, 6) is -0.0778. The summed E-state index contributed by atoms with van der Waals surface area (Å²) in [5, 5.41) is 5.31. The Labute approximate surface area is 201 Å². The molecule has 1 heterocycles. The van der Waals surface area contributed by atoms with Gasteiger partial charge in [0.05, 0.1) is 6.26 Å². The van der Waals surface area contributed by atoms with Crippen LogP contribution >= 0.6 is 0 Å². The predicted molar refractivity (Wildman–Crippen MR) is 139 cm³/mol. The molecule has 1 amide bonds. The lowest BCUT2D eigenvalue weighted by molar-refractivity contribution is -0.116. The lowest BCUT2D eigenvalue weighted by Gasteiger charge is -2.29. The molecule has 0 saturated heterocycles. The Bertz CT molecular complexity index is 1300. The van der Waals surface area contributed by atoms with Gasteiger partial charge in [-0.25, -0.2) is 8.42 Å². The first kappa shape index (κ1) is 24.0. The third-order valence-corrected chi connectivity index (χ3v) is 6.61. The second-order valence-electron chi connectivity index (χ2n) is 8.82. The second-order valence-corrected chi connectivity index (χ2v) is 10.6. The van der Waals surface area contributed by atoms with Crippen LogP contribution in [0.3, 0.4) is 0 Å². The standard InChI is InChI=1S/C27H31N3O3S/c1-34(32,33)29-26-12-11-23-14-17-30(20-25(23)19-26)16-5-4-15-28-27(31)13-9-21-8-10-22-6-2-3-7-24(22)18-21/h2-3,6-13,18-19,29H,4-5,14-17,20H2,1H3,(H,28,31)/b13-9+. The smallest absolute Gasteiger partial charge is 0.243 e. The number of sulfonamides is 1. The maximum Gasteiger partial charge on any atom is 0.243 e. The SMILES string of the molecule is CS(=O)(=O)Nc1ccc2c(c1)CN(CCCCNC(=O)/C=C/c1ccc3ccccc3c1)CC2. The normalized spacial score (nSPS) is 14.3. The molecule has 3 aromatic carbocycles. The molecule has 0 spiro atoms. The average Bonchev–Trinajstić information content (AvgIpc) is 2.81. The molecule has 2 N–H and O–H groups in total. The molecule has 1 aliphatic heterocycles. The Kier molecular flexibility index (Phi) is 7.65. The van der Waals surface area contributed by atoms with Gasteiger partial charge in [0.25, 0.3) is 0 Å². The Morgan fingerprint density at radius 2 is 1.82 bits per heavy atom. The molecule has 6 nitrogen and oxygen atoms in total. The van der Waals surface area contributed by atoms with Crippen molar-refractivity contribution in [1.29, 1.82) is 0 Å². The summed E-state index contributed by atoms with van der Waals surface area (Å²) in [7, 11) is -3.28. The molecule has 0 aromatic heterocycles. The third kappa shape index (κ3) is 6.92. The number of unbranched alkanes of at least 4 members (excludes halogenated alkanes) is 1. The summed E-state index contributed by atoms with van der Waals surface area (Å²) in [6, 6.07) is 20.1. The first-order chi connectivity index (χ1) is 16.4. The summed E-state index contributed by atoms with van der Waals surface area (Å²) >= 11 is 0. The molecule has 3 aromatic rings. The Hall–Kier alpha value is -3.16. The molecule has 0 radical (unpaired) electrons. The number of anilines is 1. The highest BCUT2D eigenvalue weighted by molar-refractivity contribution is 7.92. The van der Waals surface area contributed by atoms with Crippen LogP contribution in [-0.4, -0.2) is 45.1 Å². The summed E-state index contributed by atoms with van der Waals surface area (Å²) in [4.78, 5) is 14.5. The van der Waals surface area contributed by atoms with Crippen molar-refractivity contribution < 1.29 is 13.2 Å². The fourth-order valence-corrected chi connectivity index (χ4v) is 4.85. The minimum Gasteiger partial charge on any atom is -0.353 e. The van der Waals surface area contributed by atoms with E-state index in [1.807, 2.05) is 42.5 Å². The van der Waals surface area contributed by atoms with Gasteiger partial charge >= 0.3 is 0 Å². The zero-order chi connectivity index (χ0) is 24.0. The summed E-state index contributed by atoms with van der Waals surface area (Å²) < 4.78 is 25.5. The van der Waals surface area contributed by atoms with E-state index in [0.717, 1.165) is 56.1 Å². The quantitative estimate of drug-likeness (QED) is 0.358. The number of benzene rings is 3. The fourth-order valence-electron chi connectivity index (χ4n) is 4.30. The van der Waals surface area contributed by atoms with E-state index < -0.39 is 10.0 Å². The summed E-state index contributed by atoms with van der Waals surface area (Å²) in [6.07, 6.45) is 7.47. The Morgan fingerprint density at radius 1 is 1.00 bits per heavy atom. The van der Waals surface area contributed by atoms with Gasteiger partial charge in [-0.3, -0.25) is 14.4 Å². The molecule has 7 heteroatoms. The highest BCUT2D eigenvalue weighted by Gasteiger charge is 2.16. The third-order valence-electron chi connectivity index (χ3n) is 6.00. The largest absolute Gasteiger partial charge is 0.353 e. The highest BCUT2D eigenvalue weighted by Crippen LogP contribution is 2.23. The van der Waals surface area contributed by atoms with Gasteiger partial charge in [-0.2, -0.15) is 0 Å². The van der Waals surface area contributed by atoms with Crippen molar-refractivity contribution in [2.45, 2.75) is 25.8 Å². The van der Waals surface area contributed by atoms with E-state index in [0.29, 0.717) is 12.2 Å². The highest BCUT2D eigenvalue weighted by atomic mass is 32.2. The Morgan fingerprint density at radius 3 is 2.65 bits per heavy atom. The first-order valence-electron chi connectivity index (χ1n) is 11.6. The van der Waals surface area contributed by atoms with Crippen LogP contribution in [0.5, 0.6) is 0 Å². The molecule has 0 aliphatic carbocycles. The van der Waals surface area contributed by atoms with Crippen molar-refractivity contribution in [3.63, 3.8) is 0 Å².